The Bertz CT molecular complexity index is 358. The van der Waals surface area contributed by atoms with E-state index in [9.17, 15) is 4.79 Å². The Morgan fingerprint density at radius 1 is 1.64 bits per heavy atom. The minimum Gasteiger partial charge on any atom is -0.478 e. The number of carbonyl (C=O) groups is 1. The molecule has 0 aliphatic heterocycles. The van der Waals surface area contributed by atoms with Gasteiger partial charge in [-0.1, -0.05) is 6.08 Å². The van der Waals surface area contributed by atoms with Gasteiger partial charge < -0.3 is 10.4 Å². The Morgan fingerprint density at radius 3 is 2.86 bits per heavy atom. The highest BCUT2D eigenvalue weighted by Gasteiger charge is 2.08. The third-order valence-electron chi connectivity index (χ3n) is 1.99. The number of carboxylic acids is 1. The quantitative estimate of drug-likeness (QED) is 0.717. The van der Waals surface area contributed by atoms with Crippen molar-refractivity contribution in [3.8, 4) is 0 Å². The summed E-state index contributed by atoms with van der Waals surface area (Å²) in [5, 5.41) is 11.9. The van der Waals surface area contributed by atoms with E-state index < -0.39 is 5.97 Å². The van der Waals surface area contributed by atoms with Crippen LogP contribution in [0.1, 0.15) is 15.9 Å². The monoisotopic (exact) mass is 191 g/mol. The minimum absolute atomic E-state index is 0.337. The van der Waals surface area contributed by atoms with Gasteiger partial charge in [0, 0.05) is 12.7 Å². The predicted molar refractivity (Wildman–Crippen MR) is 56.8 cm³/mol. The molecule has 3 nitrogen and oxygen atoms in total. The van der Waals surface area contributed by atoms with Crippen molar-refractivity contribution in [2.75, 3.05) is 12.4 Å². The molecule has 0 atom stereocenters. The molecule has 1 rings (SSSR count). The van der Waals surface area contributed by atoms with Crippen molar-refractivity contribution >= 4 is 11.7 Å². The first-order valence-corrected chi connectivity index (χ1v) is 4.34. The van der Waals surface area contributed by atoms with Crippen LogP contribution in [-0.2, 0) is 6.42 Å². The molecule has 74 valence electrons. The van der Waals surface area contributed by atoms with Gasteiger partial charge in [-0.05, 0) is 30.2 Å². The predicted octanol–water partition coefficient (Wildman–Crippen LogP) is 2.15. The topological polar surface area (TPSA) is 49.3 Å². The maximum Gasteiger partial charge on any atom is 0.335 e. The van der Waals surface area contributed by atoms with Gasteiger partial charge in [0.1, 0.15) is 0 Å². The van der Waals surface area contributed by atoms with Crippen LogP contribution in [-0.4, -0.2) is 18.1 Å². The van der Waals surface area contributed by atoms with E-state index in [1.54, 1.807) is 25.3 Å². The lowest BCUT2D eigenvalue weighted by atomic mass is 10.0. The molecule has 3 heteroatoms. The summed E-state index contributed by atoms with van der Waals surface area (Å²) in [6, 6.07) is 5.17. The molecule has 0 aliphatic carbocycles. The number of rotatable bonds is 4. The van der Waals surface area contributed by atoms with E-state index in [0.29, 0.717) is 12.0 Å². The minimum atomic E-state index is -0.899. The summed E-state index contributed by atoms with van der Waals surface area (Å²) in [6.45, 7) is 3.60. The second kappa shape index (κ2) is 4.46. The number of anilines is 1. The van der Waals surface area contributed by atoms with E-state index >= 15 is 0 Å². The van der Waals surface area contributed by atoms with E-state index in [-0.39, 0.29) is 0 Å². The third-order valence-corrected chi connectivity index (χ3v) is 1.99. The Kier molecular flexibility index (Phi) is 3.29. The van der Waals surface area contributed by atoms with Crippen molar-refractivity contribution in [3.63, 3.8) is 0 Å². The summed E-state index contributed by atoms with van der Waals surface area (Å²) in [7, 11) is 1.80. The number of hydrogen-bond donors (Lipinski definition) is 2. The van der Waals surface area contributed by atoms with Gasteiger partial charge in [-0.25, -0.2) is 4.79 Å². The summed E-state index contributed by atoms with van der Waals surface area (Å²) in [5.74, 6) is -0.899. The summed E-state index contributed by atoms with van der Waals surface area (Å²) in [5.41, 5.74) is 2.02. The van der Waals surface area contributed by atoms with Crippen molar-refractivity contribution in [2.45, 2.75) is 6.42 Å². The first-order valence-electron chi connectivity index (χ1n) is 4.34. The van der Waals surface area contributed by atoms with Crippen molar-refractivity contribution in [3.05, 3.63) is 42.0 Å². The number of aromatic carboxylic acids is 1. The average Bonchev–Trinajstić information content (AvgIpc) is 2.17. The zero-order valence-corrected chi connectivity index (χ0v) is 8.08. The fourth-order valence-corrected chi connectivity index (χ4v) is 1.28. The van der Waals surface area contributed by atoms with Gasteiger partial charge in [0.05, 0.1) is 5.56 Å². The molecule has 1 aromatic rings. The largest absolute Gasteiger partial charge is 0.478 e. The van der Waals surface area contributed by atoms with E-state index in [4.69, 9.17) is 5.11 Å². The fourth-order valence-electron chi connectivity index (χ4n) is 1.28. The molecule has 1 aromatic carbocycles. The molecular formula is C11H13NO2. The highest BCUT2D eigenvalue weighted by molar-refractivity contribution is 5.90. The molecule has 14 heavy (non-hydrogen) atoms. The maximum absolute atomic E-state index is 10.8. The number of allylic oxidation sites excluding steroid dienone is 1. The lowest BCUT2D eigenvalue weighted by Crippen LogP contribution is -2.02. The van der Waals surface area contributed by atoms with Crippen LogP contribution in [0.2, 0.25) is 0 Å². The fraction of sp³-hybridized carbons (Fsp3) is 0.182. The van der Waals surface area contributed by atoms with Crippen molar-refractivity contribution < 1.29 is 9.90 Å². The van der Waals surface area contributed by atoms with Gasteiger partial charge >= 0.3 is 5.97 Å². The van der Waals surface area contributed by atoms with Crippen LogP contribution >= 0.6 is 0 Å². The molecule has 0 heterocycles. The van der Waals surface area contributed by atoms with Crippen LogP contribution in [0.4, 0.5) is 5.69 Å². The standard InChI is InChI=1S/C11H13NO2/c1-3-4-8-7-9(12-2)5-6-10(8)11(13)14/h3,5-7,12H,1,4H2,2H3,(H,13,14). The van der Waals surface area contributed by atoms with Gasteiger partial charge in [0.2, 0.25) is 0 Å². The second-order valence-electron chi connectivity index (χ2n) is 2.92. The molecule has 0 unspecified atom stereocenters. The average molecular weight is 191 g/mol. The Balaban J connectivity index is 3.16. The lowest BCUT2D eigenvalue weighted by Gasteiger charge is -2.06. The molecule has 0 aromatic heterocycles. The van der Waals surface area contributed by atoms with E-state index in [1.165, 1.54) is 0 Å². The lowest BCUT2D eigenvalue weighted by molar-refractivity contribution is 0.0696. The van der Waals surface area contributed by atoms with Gasteiger partial charge in [-0.3, -0.25) is 0 Å². The molecule has 0 amide bonds. The number of carboxylic acid groups (broad SMARTS) is 1. The van der Waals surface area contributed by atoms with Crippen molar-refractivity contribution in [1.29, 1.82) is 0 Å². The first kappa shape index (κ1) is 10.3. The molecule has 2 N–H and O–H groups in total. The van der Waals surface area contributed by atoms with E-state index in [0.717, 1.165) is 11.3 Å². The van der Waals surface area contributed by atoms with Crippen LogP contribution in [0.3, 0.4) is 0 Å². The summed E-state index contributed by atoms with van der Waals surface area (Å²) >= 11 is 0. The SMILES string of the molecule is C=CCc1cc(NC)ccc1C(=O)O. The van der Waals surface area contributed by atoms with Crippen LogP contribution in [0.5, 0.6) is 0 Å². The zero-order valence-electron chi connectivity index (χ0n) is 8.08. The summed E-state index contributed by atoms with van der Waals surface area (Å²) < 4.78 is 0. The molecule has 0 aliphatic rings. The Labute approximate surface area is 83.1 Å². The second-order valence-corrected chi connectivity index (χ2v) is 2.92. The summed E-state index contributed by atoms with van der Waals surface area (Å²) in [4.78, 5) is 10.8. The third kappa shape index (κ3) is 2.13. The highest BCUT2D eigenvalue weighted by Crippen LogP contribution is 2.16. The molecule has 0 fully saturated rings. The molecule has 0 spiro atoms. The molecule has 0 saturated heterocycles. The molecular weight excluding hydrogens is 178 g/mol. The molecule has 0 saturated carbocycles. The van der Waals surface area contributed by atoms with Crippen LogP contribution in [0, 0.1) is 0 Å². The molecule has 0 bridgehead atoms. The van der Waals surface area contributed by atoms with Crippen LogP contribution in [0.15, 0.2) is 30.9 Å². The first-order chi connectivity index (χ1) is 6.69. The van der Waals surface area contributed by atoms with Gasteiger partial charge in [-0.2, -0.15) is 0 Å². The summed E-state index contributed by atoms with van der Waals surface area (Å²) in [6.07, 6.45) is 2.26. The normalized spacial score (nSPS) is 9.50. The number of benzene rings is 1. The van der Waals surface area contributed by atoms with Crippen LogP contribution in [0.25, 0.3) is 0 Å². The van der Waals surface area contributed by atoms with E-state index in [2.05, 4.69) is 11.9 Å². The van der Waals surface area contributed by atoms with E-state index in [1.807, 2.05) is 6.07 Å². The van der Waals surface area contributed by atoms with Gasteiger partial charge in [0.15, 0.2) is 0 Å². The highest BCUT2D eigenvalue weighted by atomic mass is 16.4. The van der Waals surface area contributed by atoms with Crippen LogP contribution < -0.4 is 5.32 Å². The number of hydrogen-bond acceptors (Lipinski definition) is 2. The zero-order chi connectivity index (χ0) is 10.6. The smallest absolute Gasteiger partial charge is 0.335 e. The molecule has 0 radical (unpaired) electrons. The van der Waals surface area contributed by atoms with Gasteiger partial charge in [-0.15, -0.1) is 6.58 Å². The Hall–Kier alpha value is -1.77. The number of nitrogens with one attached hydrogen (secondary N) is 1. The van der Waals surface area contributed by atoms with Crippen molar-refractivity contribution in [1.82, 2.24) is 0 Å². The maximum atomic E-state index is 10.8. The Morgan fingerprint density at radius 2 is 2.36 bits per heavy atom. The van der Waals surface area contributed by atoms with Crippen molar-refractivity contribution in [2.24, 2.45) is 0 Å². The van der Waals surface area contributed by atoms with Gasteiger partial charge in [0.25, 0.3) is 0 Å².